The molecule has 3 heteroatoms. The molecule has 0 bridgehead atoms. The SMILES string of the molecule is CC1=Nc2ccccc2C1=C(c1ccc(N(C)C)cc1)c1c(C)[nH]c2ccccc12. The number of H-pyrrole nitrogens is 1. The van der Waals surface area contributed by atoms with Gasteiger partial charge in [-0.3, -0.25) is 4.99 Å². The Kier molecular flexibility index (Phi) is 4.32. The maximum absolute atomic E-state index is 4.89. The molecule has 0 saturated carbocycles. The summed E-state index contributed by atoms with van der Waals surface area (Å²) in [7, 11) is 4.14. The highest BCUT2D eigenvalue weighted by molar-refractivity contribution is 6.36. The van der Waals surface area contributed by atoms with Crippen LogP contribution < -0.4 is 4.90 Å². The van der Waals surface area contributed by atoms with Crippen LogP contribution in [-0.2, 0) is 0 Å². The molecule has 0 amide bonds. The zero-order valence-electron chi connectivity index (χ0n) is 17.8. The molecule has 0 unspecified atom stereocenters. The third kappa shape index (κ3) is 2.86. The summed E-state index contributed by atoms with van der Waals surface area (Å²) in [6, 6.07) is 25.8. The maximum atomic E-state index is 4.89. The molecule has 1 aliphatic heterocycles. The first kappa shape index (κ1) is 18.4. The fraction of sp³-hybridized carbons (Fsp3) is 0.148. The van der Waals surface area contributed by atoms with E-state index in [0.717, 1.165) is 16.9 Å². The van der Waals surface area contributed by atoms with E-state index in [2.05, 4.69) is 111 Å². The minimum Gasteiger partial charge on any atom is -0.378 e. The number of hydrogen-bond acceptors (Lipinski definition) is 2. The molecule has 30 heavy (non-hydrogen) atoms. The molecule has 0 radical (unpaired) electrons. The van der Waals surface area contributed by atoms with E-state index in [1.807, 2.05) is 0 Å². The van der Waals surface area contributed by atoms with Gasteiger partial charge in [0.25, 0.3) is 0 Å². The van der Waals surface area contributed by atoms with Gasteiger partial charge in [0.15, 0.2) is 0 Å². The van der Waals surface area contributed by atoms with E-state index >= 15 is 0 Å². The lowest BCUT2D eigenvalue weighted by Crippen LogP contribution is -2.08. The van der Waals surface area contributed by atoms with Crippen molar-refractivity contribution in [3.63, 3.8) is 0 Å². The number of para-hydroxylation sites is 2. The first-order valence-electron chi connectivity index (χ1n) is 10.3. The van der Waals surface area contributed by atoms with Crippen LogP contribution in [0.15, 0.2) is 77.8 Å². The van der Waals surface area contributed by atoms with Crippen molar-refractivity contribution >= 4 is 39.1 Å². The van der Waals surface area contributed by atoms with E-state index in [9.17, 15) is 0 Å². The number of aromatic amines is 1. The number of allylic oxidation sites excluding steroid dienone is 1. The number of nitrogens with one attached hydrogen (secondary N) is 1. The van der Waals surface area contributed by atoms with Crippen molar-refractivity contribution in [2.24, 2.45) is 4.99 Å². The Morgan fingerprint density at radius 1 is 0.833 bits per heavy atom. The van der Waals surface area contributed by atoms with E-state index in [0.29, 0.717) is 0 Å². The molecule has 0 spiro atoms. The van der Waals surface area contributed by atoms with E-state index < -0.39 is 0 Å². The van der Waals surface area contributed by atoms with Gasteiger partial charge in [-0.15, -0.1) is 0 Å². The molecule has 4 aromatic rings. The quantitative estimate of drug-likeness (QED) is 0.419. The molecular formula is C27H25N3. The summed E-state index contributed by atoms with van der Waals surface area (Å²) < 4.78 is 0. The molecular weight excluding hydrogens is 366 g/mol. The highest BCUT2D eigenvalue weighted by Gasteiger charge is 2.25. The molecule has 0 aliphatic carbocycles. The second kappa shape index (κ2) is 7.03. The molecule has 1 aromatic heterocycles. The Bertz CT molecular complexity index is 1320. The third-order valence-corrected chi connectivity index (χ3v) is 5.89. The van der Waals surface area contributed by atoms with Gasteiger partial charge in [0.2, 0.25) is 0 Å². The molecule has 0 saturated heterocycles. The number of rotatable bonds is 3. The molecule has 3 aromatic carbocycles. The summed E-state index contributed by atoms with van der Waals surface area (Å²) in [6.07, 6.45) is 0. The van der Waals surface area contributed by atoms with Gasteiger partial charge in [-0.2, -0.15) is 0 Å². The largest absolute Gasteiger partial charge is 0.378 e. The fourth-order valence-electron chi connectivity index (χ4n) is 4.47. The average molecular weight is 392 g/mol. The Morgan fingerprint density at radius 3 is 2.30 bits per heavy atom. The van der Waals surface area contributed by atoms with Gasteiger partial charge < -0.3 is 9.88 Å². The number of aromatic nitrogens is 1. The van der Waals surface area contributed by atoms with Gasteiger partial charge in [0, 0.05) is 64.4 Å². The monoisotopic (exact) mass is 391 g/mol. The van der Waals surface area contributed by atoms with Gasteiger partial charge >= 0.3 is 0 Å². The van der Waals surface area contributed by atoms with Gasteiger partial charge in [-0.25, -0.2) is 0 Å². The Morgan fingerprint density at radius 2 is 1.53 bits per heavy atom. The van der Waals surface area contributed by atoms with Crippen LogP contribution in [0, 0.1) is 6.92 Å². The number of anilines is 1. The van der Waals surface area contributed by atoms with Crippen LogP contribution in [0.3, 0.4) is 0 Å². The number of hydrogen-bond donors (Lipinski definition) is 1. The number of benzene rings is 3. The fourth-order valence-corrected chi connectivity index (χ4v) is 4.47. The van der Waals surface area contributed by atoms with Crippen LogP contribution in [-0.4, -0.2) is 24.8 Å². The lowest BCUT2D eigenvalue weighted by Gasteiger charge is -2.17. The van der Waals surface area contributed by atoms with Crippen LogP contribution in [0.2, 0.25) is 0 Å². The summed E-state index contributed by atoms with van der Waals surface area (Å²) in [4.78, 5) is 10.6. The molecule has 3 nitrogen and oxygen atoms in total. The summed E-state index contributed by atoms with van der Waals surface area (Å²) in [5.74, 6) is 0. The molecule has 0 atom stereocenters. The van der Waals surface area contributed by atoms with Crippen LogP contribution in [0.5, 0.6) is 0 Å². The van der Waals surface area contributed by atoms with Crippen LogP contribution in [0.1, 0.15) is 29.3 Å². The molecule has 1 aliphatic rings. The molecule has 0 fully saturated rings. The van der Waals surface area contributed by atoms with Crippen molar-refractivity contribution in [2.45, 2.75) is 13.8 Å². The molecule has 5 rings (SSSR count). The topological polar surface area (TPSA) is 31.4 Å². The summed E-state index contributed by atoms with van der Waals surface area (Å²) >= 11 is 0. The van der Waals surface area contributed by atoms with Crippen molar-refractivity contribution in [1.82, 2.24) is 4.98 Å². The van der Waals surface area contributed by atoms with E-state index in [-0.39, 0.29) is 0 Å². The maximum Gasteiger partial charge on any atom is 0.0712 e. The summed E-state index contributed by atoms with van der Waals surface area (Å²) in [5, 5.41) is 1.24. The first-order chi connectivity index (χ1) is 14.5. The van der Waals surface area contributed by atoms with Crippen molar-refractivity contribution in [3.05, 3.63) is 95.2 Å². The smallest absolute Gasteiger partial charge is 0.0712 e. The Hall–Kier alpha value is -3.59. The summed E-state index contributed by atoms with van der Waals surface area (Å²) in [6.45, 7) is 4.28. The van der Waals surface area contributed by atoms with Crippen LogP contribution in [0.25, 0.3) is 22.0 Å². The van der Waals surface area contributed by atoms with Crippen LogP contribution >= 0.6 is 0 Å². The Balaban J connectivity index is 1.86. The first-order valence-corrected chi connectivity index (χ1v) is 10.3. The second-order valence-corrected chi connectivity index (χ2v) is 8.08. The highest BCUT2D eigenvalue weighted by atomic mass is 15.1. The average Bonchev–Trinajstić information content (AvgIpc) is 3.25. The molecule has 148 valence electrons. The van der Waals surface area contributed by atoms with Crippen molar-refractivity contribution in [2.75, 3.05) is 19.0 Å². The normalized spacial score (nSPS) is 14.6. The van der Waals surface area contributed by atoms with Crippen molar-refractivity contribution in [1.29, 1.82) is 0 Å². The van der Waals surface area contributed by atoms with Gasteiger partial charge in [0.05, 0.1) is 5.69 Å². The minimum atomic E-state index is 1.05. The number of fused-ring (bicyclic) bond motifs is 2. The summed E-state index contributed by atoms with van der Waals surface area (Å²) in [5.41, 5.74) is 11.7. The van der Waals surface area contributed by atoms with Crippen LogP contribution in [0.4, 0.5) is 11.4 Å². The standard InChI is InChI=1S/C27H25N3/c1-17-25(21-9-5-7-11-23(21)28-17)27(19-13-15-20(16-14-19)30(3)4)26-18(2)29-24-12-8-6-10-22(24)26/h5-16,28H,1-4H3. The lowest BCUT2D eigenvalue weighted by atomic mass is 9.87. The van der Waals surface area contributed by atoms with E-state index in [1.54, 1.807) is 0 Å². The predicted molar refractivity (Wildman–Crippen MR) is 129 cm³/mol. The minimum absolute atomic E-state index is 1.05. The highest BCUT2D eigenvalue weighted by Crippen LogP contribution is 2.44. The zero-order valence-corrected chi connectivity index (χ0v) is 17.8. The number of aryl methyl sites for hydroxylation is 1. The lowest BCUT2D eigenvalue weighted by molar-refractivity contribution is 1.13. The predicted octanol–water partition coefficient (Wildman–Crippen LogP) is 6.61. The Labute approximate surface area is 177 Å². The second-order valence-electron chi connectivity index (χ2n) is 8.08. The third-order valence-electron chi connectivity index (χ3n) is 5.89. The van der Waals surface area contributed by atoms with Crippen molar-refractivity contribution in [3.8, 4) is 0 Å². The number of aliphatic imine (C=N–C) groups is 1. The number of nitrogens with zero attached hydrogens (tertiary/aromatic N) is 2. The van der Waals surface area contributed by atoms with Gasteiger partial charge in [0.1, 0.15) is 0 Å². The van der Waals surface area contributed by atoms with Crippen molar-refractivity contribution < 1.29 is 0 Å². The van der Waals surface area contributed by atoms with E-state index in [4.69, 9.17) is 4.99 Å². The van der Waals surface area contributed by atoms with Gasteiger partial charge in [-0.1, -0.05) is 48.5 Å². The molecule has 2 heterocycles. The zero-order chi connectivity index (χ0) is 20.8. The van der Waals surface area contributed by atoms with E-state index in [1.165, 1.54) is 44.6 Å². The van der Waals surface area contributed by atoms with Gasteiger partial charge in [-0.05, 0) is 43.7 Å². The molecule has 1 N–H and O–H groups in total.